The van der Waals surface area contributed by atoms with Gasteiger partial charge in [0, 0.05) is 134 Å². The predicted octanol–water partition coefficient (Wildman–Crippen LogP) is 31.9. The van der Waals surface area contributed by atoms with Crippen LogP contribution in [0.3, 0.4) is 0 Å². The van der Waals surface area contributed by atoms with Crippen LogP contribution in [0.4, 0.5) is 0 Å². The van der Waals surface area contributed by atoms with Gasteiger partial charge in [0.1, 0.15) is 51.4 Å². The molecule has 147 heavy (non-hydrogen) atoms. The molecule has 23 aromatic rings. The molecule has 0 fully saturated rings. The van der Waals surface area contributed by atoms with Crippen molar-refractivity contribution in [2.45, 2.75) is 244 Å². The molecule has 0 saturated carbocycles. The van der Waals surface area contributed by atoms with Crippen molar-refractivity contribution in [3.8, 4) is 33.8 Å². The number of imidazole rings is 5. The molecule has 26 rings (SSSR count). The molecule has 0 unspecified atom stereocenters. The van der Waals surface area contributed by atoms with Crippen LogP contribution >= 0.6 is 0 Å². The molecule has 742 valence electrons. The van der Waals surface area contributed by atoms with Crippen molar-refractivity contribution < 1.29 is 22.5 Å². The lowest BCUT2D eigenvalue weighted by molar-refractivity contribution is -0.643. The first kappa shape index (κ1) is 97.6. The first-order valence-electron chi connectivity index (χ1n) is 53.9. The molecule has 0 saturated heterocycles. The third-order valence-corrected chi connectivity index (χ3v) is 36.7. The number of aryl methyl sites for hydroxylation is 10. The maximum Gasteiger partial charge on any atom is 0.295 e. The lowest BCUT2D eigenvalue weighted by Gasteiger charge is -2.43. The van der Waals surface area contributed by atoms with Gasteiger partial charge >= 0.3 is 0 Å². The van der Waals surface area contributed by atoms with E-state index in [2.05, 4.69) is 540 Å². The fraction of sp³-hybridized carbons (Fsp3) is 0.321. The highest BCUT2D eigenvalue weighted by molar-refractivity contribution is 6.18. The van der Waals surface area contributed by atoms with E-state index < -0.39 is 0 Å². The Morgan fingerprint density at radius 2 is 0.687 bits per heavy atom. The summed E-state index contributed by atoms with van der Waals surface area (Å²) in [4.78, 5) is 0. The Labute approximate surface area is 868 Å². The van der Waals surface area contributed by atoms with E-state index >= 15 is 0 Å². The molecule has 13 heterocycles. The molecule has 0 N–H and O–H groups in total. The number of benzene rings is 13. The predicted molar refractivity (Wildman–Crippen MR) is 621 cm³/mol. The summed E-state index contributed by atoms with van der Waals surface area (Å²) in [7, 11) is 11.1. The van der Waals surface area contributed by atoms with Gasteiger partial charge in [-0.05, 0) is 133 Å². The zero-order valence-corrected chi connectivity index (χ0v) is 93.2. The van der Waals surface area contributed by atoms with Gasteiger partial charge in [0.15, 0.2) is 34.2 Å². The van der Waals surface area contributed by atoms with E-state index in [-0.39, 0.29) is 32.5 Å². The molecule has 0 atom stereocenters. The fourth-order valence-electron chi connectivity index (χ4n) is 27.1. The second-order valence-corrected chi connectivity index (χ2v) is 48.3. The molecule has 10 nitrogen and oxygen atoms in total. The summed E-state index contributed by atoms with van der Waals surface area (Å²) in [5.41, 5.74) is 45.1. The van der Waals surface area contributed by atoms with Crippen molar-refractivity contribution in [2.75, 3.05) is 0 Å². The molecule has 3 aliphatic rings. The fourth-order valence-corrected chi connectivity index (χ4v) is 27.1. The van der Waals surface area contributed by atoms with Crippen LogP contribution in [0, 0.1) is 60.3 Å². The summed E-state index contributed by atoms with van der Waals surface area (Å²) in [5, 5.41) is 20.2. The minimum atomic E-state index is -0.0556. The van der Waals surface area contributed by atoms with Gasteiger partial charge in [0.25, 0.3) is 28.2 Å². The van der Waals surface area contributed by atoms with Crippen molar-refractivity contribution in [1.82, 2.24) is 22.3 Å². The minimum Gasteiger partial charge on any atom is -0.232 e. The zero-order valence-electron chi connectivity index (χ0n) is 93.2. The Hall–Kier alpha value is -14.1. The topological polar surface area (TPSA) is 42.9 Å². The third kappa shape index (κ3) is 14.0. The third-order valence-electron chi connectivity index (χ3n) is 36.7. The summed E-state index contributed by atoms with van der Waals surface area (Å²) in [6, 6.07) is 96.6. The maximum atomic E-state index is 2.59. The maximum absolute atomic E-state index is 2.59. The number of hydrogen-bond acceptors (Lipinski definition) is 0. The summed E-state index contributed by atoms with van der Waals surface area (Å²) < 4.78 is 24.7. The number of para-hydroxylation sites is 5. The van der Waals surface area contributed by atoms with E-state index in [1.807, 2.05) is 0 Å². The van der Waals surface area contributed by atoms with Gasteiger partial charge in [0.05, 0.1) is 62.2 Å². The standard InChI is InChI=1S/C31H35N2.C30H33N2.C29H29N2.C24H27N2.C23H25N2/c1-19(2)18-23-13-11-15-24(20(3)4)29(23)30-22(6)32(7)31-28-21(5)12-10-16-26(28)25-14-8-9-17-27(25)33(30)31;1-19(2)17-22-12-10-14-23(20(3)4)29(22)27-18-31(6)30-28-21(5)11-9-15-25(28)24-13-7-8-16-26(24)32(27)30;1-18-12-10-15-20-21-16-11-17-22-25(21)31-26(29(4,5)28(22,2)3)24(19-13-8-7-9-14-19)30(6)27(31)23(18)20;1-14-10-8-11-16-17-12-9-13-18-20(17)26-21(24(5,6)23(18,3)4)15(2)25(7)22(26)19(14)16;1-14-9-7-10-15-16-11-8-12-17-20(16)25-18(23(4,5)22(17,2)3)13-24(6)21(25)19(14)15/h8-17,19-20H,18H2,1-7H3;7-16,18-20H,17H2,1-6H3;7-17H,1-6H3;8-13H,1-7H3;7-13H,1-6H3/q5*+1. The molecule has 10 aromatic heterocycles. The minimum absolute atomic E-state index is 0.0121. The average molecular weight is 1940 g/mol. The van der Waals surface area contributed by atoms with Gasteiger partial charge in [-0.25, -0.2) is 22.8 Å². The molecule has 0 radical (unpaired) electrons. The van der Waals surface area contributed by atoms with E-state index in [0.29, 0.717) is 23.7 Å². The Morgan fingerprint density at radius 3 is 1.22 bits per heavy atom. The lowest BCUT2D eigenvalue weighted by atomic mass is 9.60. The highest BCUT2D eigenvalue weighted by Gasteiger charge is 2.56. The van der Waals surface area contributed by atoms with Crippen molar-refractivity contribution in [3.63, 3.8) is 0 Å². The van der Waals surface area contributed by atoms with E-state index in [0.717, 1.165) is 12.8 Å². The largest absolute Gasteiger partial charge is 0.295 e. The summed E-state index contributed by atoms with van der Waals surface area (Å²) in [6.45, 7) is 63.2. The highest BCUT2D eigenvalue weighted by atomic mass is 15.2. The Morgan fingerprint density at radius 1 is 0.299 bits per heavy atom. The summed E-state index contributed by atoms with van der Waals surface area (Å²) in [6.07, 6.45) is 6.85. The molecule has 10 heteroatoms. The normalized spacial score (nSPS) is 15.0. The molecule has 0 spiro atoms. The van der Waals surface area contributed by atoms with Crippen molar-refractivity contribution in [3.05, 3.63) is 368 Å². The molecule has 0 aliphatic carbocycles. The number of rotatable bonds is 9. The molecular weight excluding hydrogens is 1790 g/mol. The van der Waals surface area contributed by atoms with E-state index in [9.17, 15) is 0 Å². The van der Waals surface area contributed by atoms with Crippen LogP contribution in [0.2, 0.25) is 0 Å². The van der Waals surface area contributed by atoms with E-state index in [1.54, 1.807) is 0 Å². The number of pyridine rings is 5. The second kappa shape index (κ2) is 34.8. The number of fused-ring (bicyclic) bond motifs is 21. The molecule has 0 bridgehead atoms. The lowest BCUT2D eigenvalue weighted by Crippen LogP contribution is -2.51. The molecule has 3 aliphatic heterocycles. The Kier molecular flexibility index (Phi) is 23.1. The molecule has 0 amide bonds. The van der Waals surface area contributed by atoms with Crippen molar-refractivity contribution in [2.24, 2.45) is 47.1 Å². The van der Waals surface area contributed by atoms with Gasteiger partial charge in [-0.15, -0.1) is 0 Å². The molecular formula is C137H149N10+5. The van der Waals surface area contributed by atoms with Crippen molar-refractivity contribution in [1.29, 1.82) is 0 Å². The number of nitrogens with zero attached hydrogens (tertiary/aromatic N) is 10. The van der Waals surface area contributed by atoms with Gasteiger partial charge < -0.3 is 0 Å². The van der Waals surface area contributed by atoms with Gasteiger partial charge in [-0.1, -0.05) is 387 Å². The number of aromatic nitrogens is 10. The monoisotopic (exact) mass is 1930 g/mol. The highest BCUT2D eigenvalue weighted by Crippen LogP contribution is 2.57. The van der Waals surface area contributed by atoms with Gasteiger partial charge in [-0.2, -0.15) is 22.0 Å². The molecule has 13 aromatic carbocycles. The SMILES string of the molecule is Cc1cccc2c3cccc4c3[n+]3c(c(C)n(C)c3c12)C(C)(C)C4(C)C.Cc1cccc2c3cccc4c3n3c(c(-c5ccccc5)[n+](C)c3c12)C(C)(C)C4(C)C.Cc1cccc2c3cccc4c3n3c(c[n+](C)c3c12)C(C)(C)C4(C)C.Cc1cccc2c3ccccc3[n+]3c(-c4c(CC(C)C)cccc4C(C)C)c(C)n(C)c3c12.Cc1cccc2c3ccccc3n3c(-c4c(CC(C)C)cccc4C(C)C)c[n+](C)c3c12. The Bertz CT molecular complexity index is 9500. The van der Waals surface area contributed by atoms with Crippen LogP contribution in [-0.2, 0) is 80.6 Å². The Balaban J connectivity index is 0.000000105. The first-order valence-corrected chi connectivity index (χ1v) is 53.9. The summed E-state index contributed by atoms with van der Waals surface area (Å²) >= 11 is 0. The van der Waals surface area contributed by atoms with Crippen LogP contribution in [0.25, 0.3) is 170 Å². The van der Waals surface area contributed by atoms with Crippen LogP contribution < -0.4 is 22.5 Å². The first-order chi connectivity index (χ1) is 69.9. The zero-order chi connectivity index (χ0) is 104. The second-order valence-electron chi connectivity index (χ2n) is 48.3. The van der Waals surface area contributed by atoms with E-state index in [1.165, 1.54) is 266 Å². The van der Waals surface area contributed by atoms with Crippen LogP contribution in [0.5, 0.6) is 0 Å². The van der Waals surface area contributed by atoms with Crippen molar-refractivity contribution >= 4 is 137 Å². The van der Waals surface area contributed by atoms with Gasteiger partial charge in [0.2, 0.25) is 0 Å². The average Bonchev–Trinajstić information content (AvgIpc) is 1.54. The van der Waals surface area contributed by atoms with Crippen LogP contribution in [0.1, 0.15) is 246 Å². The number of hydrogen-bond donors (Lipinski definition) is 0. The summed E-state index contributed by atoms with van der Waals surface area (Å²) in [5.74, 6) is 2.12. The smallest absolute Gasteiger partial charge is 0.232 e. The van der Waals surface area contributed by atoms with Crippen LogP contribution in [0.15, 0.2) is 273 Å². The quantitative estimate of drug-likeness (QED) is 0.102. The van der Waals surface area contributed by atoms with E-state index in [4.69, 9.17) is 0 Å². The van der Waals surface area contributed by atoms with Crippen LogP contribution in [-0.4, -0.2) is 22.3 Å². The van der Waals surface area contributed by atoms with Gasteiger partial charge in [-0.3, -0.25) is 0 Å².